The van der Waals surface area contributed by atoms with Crippen LogP contribution in [0.25, 0.3) is 0 Å². The van der Waals surface area contributed by atoms with Gasteiger partial charge in [-0.25, -0.2) is 0 Å². The maximum atomic E-state index is 5.28. The van der Waals surface area contributed by atoms with E-state index >= 15 is 0 Å². The van der Waals surface area contributed by atoms with E-state index in [-0.39, 0.29) is 0 Å². The Bertz CT molecular complexity index is 106. The molecular weight excluding hydrogens is 164 g/mol. The summed E-state index contributed by atoms with van der Waals surface area (Å²) in [6.07, 6.45) is 0. The standard InChI is InChI=1S/C6H14N2S2/c1-3-10-4-5(2)8-6(7)9/h5H,3-4H2,1-2H3,(H3,7,8,9). The van der Waals surface area contributed by atoms with Crippen molar-refractivity contribution in [2.45, 2.75) is 19.9 Å². The summed E-state index contributed by atoms with van der Waals surface area (Å²) in [7, 11) is 0. The fourth-order valence-electron chi connectivity index (χ4n) is 0.579. The number of thioether (sulfide) groups is 1. The molecule has 0 aliphatic carbocycles. The first-order chi connectivity index (χ1) is 4.66. The molecule has 0 aromatic rings. The van der Waals surface area contributed by atoms with E-state index in [2.05, 4.69) is 31.4 Å². The van der Waals surface area contributed by atoms with Gasteiger partial charge >= 0.3 is 0 Å². The predicted octanol–water partition coefficient (Wildman–Crippen LogP) is 0.961. The molecule has 0 saturated heterocycles. The lowest BCUT2D eigenvalue weighted by Crippen LogP contribution is -2.37. The molecule has 1 unspecified atom stereocenters. The Morgan fingerprint density at radius 3 is 2.80 bits per heavy atom. The number of rotatable bonds is 4. The van der Waals surface area contributed by atoms with Gasteiger partial charge in [0.15, 0.2) is 5.11 Å². The maximum absolute atomic E-state index is 5.28. The molecule has 0 fully saturated rings. The number of nitrogens with one attached hydrogen (secondary N) is 1. The summed E-state index contributed by atoms with van der Waals surface area (Å²) in [5.41, 5.74) is 5.28. The van der Waals surface area contributed by atoms with E-state index in [1.165, 1.54) is 0 Å². The molecule has 0 bridgehead atoms. The van der Waals surface area contributed by atoms with Crippen molar-refractivity contribution in [3.63, 3.8) is 0 Å². The van der Waals surface area contributed by atoms with Gasteiger partial charge in [-0.15, -0.1) is 0 Å². The summed E-state index contributed by atoms with van der Waals surface area (Å²) in [6.45, 7) is 4.21. The second kappa shape index (κ2) is 5.80. The van der Waals surface area contributed by atoms with Crippen LogP contribution in [0.2, 0.25) is 0 Å². The van der Waals surface area contributed by atoms with Crippen LogP contribution in [0.15, 0.2) is 0 Å². The van der Waals surface area contributed by atoms with Crippen molar-refractivity contribution < 1.29 is 0 Å². The smallest absolute Gasteiger partial charge is 0.163 e. The van der Waals surface area contributed by atoms with Crippen molar-refractivity contribution in [3.8, 4) is 0 Å². The molecule has 0 spiro atoms. The van der Waals surface area contributed by atoms with Crippen LogP contribution < -0.4 is 11.1 Å². The Morgan fingerprint density at radius 2 is 2.40 bits per heavy atom. The third kappa shape index (κ3) is 6.16. The Morgan fingerprint density at radius 1 is 1.80 bits per heavy atom. The molecule has 1 atom stereocenters. The van der Waals surface area contributed by atoms with Crippen LogP contribution in [0.1, 0.15) is 13.8 Å². The zero-order valence-corrected chi connectivity index (χ0v) is 8.02. The van der Waals surface area contributed by atoms with E-state index in [0.29, 0.717) is 11.2 Å². The summed E-state index contributed by atoms with van der Waals surface area (Å²) < 4.78 is 0. The highest BCUT2D eigenvalue weighted by molar-refractivity contribution is 7.99. The summed E-state index contributed by atoms with van der Waals surface area (Å²) in [5, 5.41) is 3.36. The van der Waals surface area contributed by atoms with Crippen LogP contribution in [0.3, 0.4) is 0 Å². The molecule has 3 N–H and O–H groups in total. The second-order valence-corrected chi connectivity index (χ2v) is 3.83. The lowest BCUT2D eigenvalue weighted by Gasteiger charge is -2.11. The minimum Gasteiger partial charge on any atom is -0.376 e. The average molecular weight is 178 g/mol. The van der Waals surface area contributed by atoms with Gasteiger partial charge in [-0.05, 0) is 24.9 Å². The quantitative estimate of drug-likeness (QED) is 0.629. The highest BCUT2D eigenvalue weighted by Gasteiger charge is 1.99. The van der Waals surface area contributed by atoms with Gasteiger partial charge in [0.05, 0.1) is 0 Å². The Labute approximate surface area is 71.9 Å². The van der Waals surface area contributed by atoms with E-state index in [1.54, 1.807) is 0 Å². The van der Waals surface area contributed by atoms with Crippen LogP contribution in [-0.4, -0.2) is 22.7 Å². The lowest BCUT2D eigenvalue weighted by atomic mass is 10.4. The molecule has 60 valence electrons. The van der Waals surface area contributed by atoms with E-state index in [9.17, 15) is 0 Å². The van der Waals surface area contributed by atoms with E-state index in [4.69, 9.17) is 5.73 Å². The number of hydrogen-bond donors (Lipinski definition) is 2. The molecule has 0 radical (unpaired) electrons. The van der Waals surface area contributed by atoms with Gasteiger partial charge in [-0.2, -0.15) is 11.8 Å². The summed E-state index contributed by atoms with van der Waals surface area (Å²) in [4.78, 5) is 0. The molecule has 0 aliphatic heterocycles. The number of nitrogens with two attached hydrogens (primary N) is 1. The molecule has 0 heterocycles. The van der Waals surface area contributed by atoms with Crippen molar-refractivity contribution >= 4 is 29.1 Å². The fourth-order valence-corrected chi connectivity index (χ4v) is 1.45. The second-order valence-electron chi connectivity index (χ2n) is 2.07. The molecule has 0 saturated carbocycles. The lowest BCUT2D eigenvalue weighted by molar-refractivity contribution is 0.747. The van der Waals surface area contributed by atoms with Crippen LogP contribution in [0.4, 0.5) is 0 Å². The third-order valence-corrected chi connectivity index (χ3v) is 2.22. The van der Waals surface area contributed by atoms with Gasteiger partial charge in [0.1, 0.15) is 0 Å². The molecule has 0 aliphatic rings. The molecular formula is C6H14N2S2. The highest BCUT2D eigenvalue weighted by atomic mass is 32.2. The summed E-state index contributed by atoms with van der Waals surface area (Å²) in [5.74, 6) is 2.21. The SMILES string of the molecule is CCSCC(C)NC(N)=S. The van der Waals surface area contributed by atoms with Gasteiger partial charge in [-0.3, -0.25) is 0 Å². The molecule has 2 nitrogen and oxygen atoms in total. The van der Waals surface area contributed by atoms with Crippen LogP contribution in [0.5, 0.6) is 0 Å². The van der Waals surface area contributed by atoms with Crippen LogP contribution in [0, 0.1) is 0 Å². The van der Waals surface area contributed by atoms with Crippen LogP contribution >= 0.6 is 24.0 Å². The predicted molar refractivity (Wildman–Crippen MR) is 52.4 cm³/mol. The van der Waals surface area contributed by atoms with E-state index in [1.807, 2.05) is 11.8 Å². The average Bonchev–Trinajstić information content (AvgIpc) is 1.82. The molecule has 0 aromatic heterocycles. The number of hydrogen-bond acceptors (Lipinski definition) is 2. The van der Waals surface area contributed by atoms with Crippen molar-refractivity contribution in [1.29, 1.82) is 0 Å². The first kappa shape index (κ1) is 10.0. The normalized spacial score (nSPS) is 12.6. The van der Waals surface area contributed by atoms with Crippen molar-refractivity contribution in [2.75, 3.05) is 11.5 Å². The molecule has 0 amide bonds. The van der Waals surface area contributed by atoms with Crippen molar-refractivity contribution in [1.82, 2.24) is 5.32 Å². The summed E-state index contributed by atoms with van der Waals surface area (Å²) in [6, 6.07) is 0.391. The zero-order valence-electron chi connectivity index (χ0n) is 6.39. The van der Waals surface area contributed by atoms with Crippen molar-refractivity contribution in [2.24, 2.45) is 5.73 Å². The first-order valence-corrected chi connectivity index (χ1v) is 4.86. The minimum absolute atomic E-state index is 0.391. The topological polar surface area (TPSA) is 38.0 Å². The molecule has 0 aromatic carbocycles. The monoisotopic (exact) mass is 178 g/mol. The van der Waals surface area contributed by atoms with E-state index in [0.717, 1.165) is 11.5 Å². The van der Waals surface area contributed by atoms with Gasteiger partial charge in [0.25, 0.3) is 0 Å². The Kier molecular flexibility index (Phi) is 5.82. The van der Waals surface area contributed by atoms with Gasteiger partial charge < -0.3 is 11.1 Å². The third-order valence-electron chi connectivity index (χ3n) is 0.961. The first-order valence-electron chi connectivity index (χ1n) is 3.30. The van der Waals surface area contributed by atoms with E-state index < -0.39 is 0 Å². The molecule has 4 heteroatoms. The van der Waals surface area contributed by atoms with Gasteiger partial charge in [0.2, 0.25) is 0 Å². The fraction of sp³-hybridized carbons (Fsp3) is 0.833. The maximum Gasteiger partial charge on any atom is 0.163 e. The largest absolute Gasteiger partial charge is 0.376 e. The zero-order chi connectivity index (χ0) is 7.98. The van der Waals surface area contributed by atoms with Crippen molar-refractivity contribution in [3.05, 3.63) is 0 Å². The number of thiocarbonyl (C=S) groups is 1. The van der Waals surface area contributed by atoms with Crippen LogP contribution in [-0.2, 0) is 0 Å². The Hall–Kier alpha value is 0.0400. The minimum atomic E-state index is 0.391. The summed E-state index contributed by atoms with van der Waals surface area (Å²) >= 11 is 6.56. The van der Waals surface area contributed by atoms with Gasteiger partial charge in [-0.1, -0.05) is 6.92 Å². The van der Waals surface area contributed by atoms with Gasteiger partial charge in [0, 0.05) is 11.8 Å². The highest BCUT2D eigenvalue weighted by Crippen LogP contribution is 2.00. The molecule has 10 heavy (non-hydrogen) atoms. The molecule has 0 rings (SSSR count). The Balaban J connectivity index is 3.25.